The van der Waals surface area contributed by atoms with E-state index in [1.807, 2.05) is 24.5 Å². The van der Waals surface area contributed by atoms with E-state index >= 15 is 0 Å². The summed E-state index contributed by atoms with van der Waals surface area (Å²) in [4.78, 5) is 24.0. The van der Waals surface area contributed by atoms with Gasteiger partial charge >= 0.3 is 5.97 Å². The number of carboxylic acids is 1. The van der Waals surface area contributed by atoms with Gasteiger partial charge in [0, 0.05) is 36.9 Å². The van der Waals surface area contributed by atoms with Crippen LogP contribution in [0.1, 0.15) is 57.0 Å². The molecular formula is C34H37FN2O6S. The van der Waals surface area contributed by atoms with Gasteiger partial charge in [-0.1, -0.05) is 24.1 Å². The summed E-state index contributed by atoms with van der Waals surface area (Å²) in [7, 11) is 1.59. The summed E-state index contributed by atoms with van der Waals surface area (Å²) < 4.78 is 33.7. The number of carbonyl (C=O) groups is 2. The summed E-state index contributed by atoms with van der Waals surface area (Å²) in [6, 6.07) is 17.0. The number of hydrogen-bond acceptors (Lipinski definition) is 7. The van der Waals surface area contributed by atoms with Crippen LogP contribution >= 0.6 is 11.9 Å². The lowest BCUT2D eigenvalue weighted by molar-refractivity contribution is 0.0502. The quantitative estimate of drug-likeness (QED) is 0.103. The lowest BCUT2D eigenvalue weighted by Crippen LogP contribution is -2.22. The van der Waals surface area contributed by atoms with Crippen LogP contribution in [0.2, 0.25) is 0 Å². The van der Waals surface area contributed by atoms with Gasteiger partial charge in [-0.15, -0.1) is 0 Å². The van der Waals surface area contributed by atoms with E-state index in [4.69, 9.17) is 19.0 Å². The van der Waals surface area contributed by atoms with Gasteiger partial charge < -0.3 is 28.6 Å². The first-order valence-corrected chi connectivity index (χ1v) is 16.0. The van der Waals surface area contributed by atoms with Crippen LogP contribution in [0.15, 0.2) is 65.1 Å². The first-order chi connectivity index (χ1) is 21.4. The Morgan fingerprint density at radius 3 is 2.36 bits per heavy atom. The van der Waals surface area contributed by atoms with E-state index in [1.165, 1.54) is 17.7 Å². The van der Waals surface area contributed by atoms with Gasteiger partial charge in [0.2, 0.25) is 0 Å². The van der Waals surface area contributed by atoms with Crippen molar-refractivity contribution in [1.29, 1.82) is 0 Å². The number of halogens is 1. The standard InChI is InChI=1S/C34H37FN2O6S/c1-36-33(38)31-28-20-27(23-9-10-23)29(21-30(28)43-32(31)24-11-13-26(35)14-12-24)37(44-2)15-17-42-19-18-41-16-3-4-22-5-7-25(8-6-22)34(39)40/h5-8,11-14,20-21,23H,3-4,9-10,15-19H2,1-2H3,(H,36,38)(H,39,40). The average molecular weight is 621 g/mol. The number of ether oxygens (including phenoxy) is 2. The second-order valence-corrected chi connectivity index (χ2v) is 11.5. The Hall–Kier alpha value is -3.86. The van der Waals surface area contributed by atoms with Gasteiger partial charge in [0.05, 0.1) is 43.2 Å². The number of anilines is 1. The maximum Gasteiger partial charge on any atom is 0.335 e. The highest BCUT2D eigenvalue weighted by Gasteiger charge is 2.31. The molecule has 0 saturated heterocycles. The molecule has 1 heterocycles. The number of fused-ring (bicyclic) bond motifs is 1. The molecule has 0 atom stereocenters. The average Bonchev–Trinajstić information content (AvgIpc) is 3.82. The molecule has 1 saturated carbocycles. The molecule has 5 rings (SSSR count). The van der Waals surface area contributed by atoms with Crippen LogP contribution in [-0.4, -0.2) is 63.3 Å². The zero-order valence-electron chi connectivity index (χ0n) is 24.9. The topological polar surface area (TPSA) is 101 Å². The molecule has 1 aliphatic rings. The predicted molar refractivity (Wildman–Crippen MR) is 171 cm³/mol. The number of hydrogen-bond donors (Lipinski definition) is 2. The Balaban J connectivity index is 1.18. The number of amides is 1. The molecule has 1 aliphatic carbocycles. The molecule has 10 heteroatoms. The van der Waals surface area contributed by atoms with E-state index in [-0.39, 0.29) is 11.7 Å². The summed E-state index contributed by atoms with van der Waals surface area (Å²) >= 11 is 1.61. The summed E-state index contributed by atoms with van der Waals surface area (Å²) in [5.41, 5.74) is 5.31. The molecule has 1 amide bonds. The molecular weight excluding hydrogens is 583 g/mol. The normalized spacial score (nSPS) is 12.9. The number of nitrogens with zero attached hydrogens (tertiary/aromatic N) is 1. The number of aryl methyl sites for hydroxylation is 1. The molecule has 232 valence electrons. The lowest BCUT2D eigenvalue weighted by atomic mass is 10.0. The van der Waals surface area contributed by atoms with Crippen LogP contribution < -0.4 is 9.62 Å². The number of carboxylic acid groups (broad SMARTS) is 1. The number of rotatable bonds is 16. The Labute approximate surface area is 260 Å². The van der Waals surface area contributed by atoms with Crippen LogP contribution in [-0.2, 0) is 15.9 Å². The van der Waals surface area contributed by atoms with Crippen molar-refractivity contribution in [2.45, 2.75) is 31.6 Å². The smallest absolute Gasteiger partial charge is 0.335 e. The number of furan rings is 1. The van der Waals surface area contributed by atoms with Crippen molar-refractivity contribution in [3.63, 3.8) is 0 Å². The van der Waals surface area contributed by atoms with Gasteiger partial charge in [-0.2, -0.15) is 0 Å². The number of benzene rings is 3. The largest absolute Gasteiger partial charge is 0.478 e. The zero-order valence-corrected chi connectivity index (χ0v) is 25.8. The van der Waals surface area contributed by atoms with Crippen LogP contribution in [0, 0.1) is 5.82 Å². The predicted octanol–water partition coefficient (Wildman–Crippen LogP) is 6.92. The third kappa shape index (κ3) is 7.61. The Kier molecular flexibility index (Phi) is 10.6. The summed E-state index contributed by atoms with van der Waals surface area (Å²) in [5.74, 6) is -0.667. The van der Waals surface area contributed by atoms with E-state index < -0.39 is 5.97 Å². The van der Waals surface area contributed by atoms with Crippen LogP contribution in [0.4, 0.5) is 10.1 Å². The fraction of sp³-hybridized carbons (Fsp3) is 0.353. The highest BCUT2D eigenvalue weighted by Crippen LogP contribution is 2.48. The first kappa shape index (κ1) is 31.6. The van der Waals surface area contributed by atoms with Crippen LogP contribution in [0.3, 0.4) is 0 Å². The van der Waals surface area contributed by atoms with Gasteiger partial charge in [0.1, 0.15) is 17.2 Å². The minimum atomic E-state index is -0.920. The molecule has 0 bridgehead atoms. The maximum atomic E-state index is 13.6. The monoisotopic (exact) mass is 620 g/mol. The molecule has 0 spiro atoms. The van der Waals surface area contributed by atoms with Crippen molar-refractivity contribution >= 4 is 40.5 Å². The summed E-state index contributed by atoms with van der Waals surface area (Å²) in [6.45, 7) is 2.76. The van der Waals surface area contributed by atoms with E-state index in [2.05, 4.69) is 15.7 Å². The van der Waals surface area contributed by atoms with Crippen molar-refractivity contribution in [1.82, 2.24) is 5.32 Å². The second kappa shape index (κ2) is 14.7. The van der Waals surface area contributed by atoms with Gasteiger partial charge in [-0.05, 0) is 85.2 Å². The van der Waals surface area contributed by atoms with Crippen molar-refractivity contribution in [3.8, 4) is 11.3 Å². The molecule has 44 heavy (non-hydrogen) atoms. The minimum absolute atomic E-state index is 0.246. The van der Waals surface area contributed by atoms with Gasteiger partial charge in [-0.3, -0.25) is 4.79 Å². The zero-order chi connectivity index (χ0) is 31.1. The fourth-order valence-corrected chi connectivity index (χ4v) is 5.82. The van der Waals surface area contributed by atoms with Crippen molar-refractivity contribution in [2.24, 2.45) is 0 Å². The molecule has 1 fully saturated rings. The third-order valence-corrected chi connectivity index (χ3v) is 8.49. The van der Waals surface area contributed by atoms with Crippen molar-refractivity contribution < 1.29 is 33.0 Å². The Morgan fingerprint density at radius 2 is 1.73 bits per heavy atom. The van der Waals surface area contributed by atoms with E-state index in [9.17, 15) is 14.0 Å². The van der Waals surface area contributed by atoms with E-state index in [0.717, 1.165) is 42.3 Å². The van der Waals surface area contributed by atoms with Crippen LogP contribution in [0.25, 0.3) is 22.3 Å². The molecule has 0 aliphatic heterocycles. The fourth-order valence-electron chi connectivity index (χ4n) is 5.21. The molecule has 3 aromatic carbocycles. The Bertz CT molecular complexity index is 1580. The first-order valence-electron chi connectivity index (χ1n) is 14.8. The number of nitrogens with one attached hydrogen (secondary N) is 1. The molecule has 4 aromatic rings. The molecule has 8 nitrogen and oxygen atoms in total. The second-order valence-electron chi connectivity index (χ2n) is 10.7. The van der Waals surface area contributed by atoms with Crippen LogP contribution in [0.5, 0.6) is 0 Å². The van der Waals surface area contributed by atoms with E-state index in [0.29, 0.717) is 66.9 Å². The lowest BCUT2D eigenvalue weighted by Gasteiger charge is -2.24. The van der Waals surface area contributed by atoms with Gasteiger partial charge in [0.25, 0.3) is 5.91 Å². The molecule has 0 unspecified atom stereocenters. The third-order valence-electron chi connectivity index (χ3n) is 7.67. The highest BCUT2D eigenvalue weighted by atomic mass is 32.2. The van der Waals surface area contributed by atoms with Gasteiger partial charge in [0.15, 0.2) is 0 Å². The van der Waals surface area contributed by atoms with Crippen molar-refractivity contribution in [3.05, 3.63) is 88.7 Å². The summed E-state index contributed by atoms with van der Waals surface area (Å²) in [6.07, 6.45) is 5.89. The summed E-state index contributed by atoms with van der Waals surface area (Å²) in [5, 5.41) is 12.5. The van der Waals surface area contributed by atoms with Crippen molar-refractivity contribution in [2.75, 3.05) is 50.6 Å². The minimum Gasteiger partial charge on any atom is -0.478 e. The molecule has 1 aromatic heterocycles. The highest BCUT2D eigenvalue weighted by molar-refractivity contribution is 7.99. The molecule has 0 radical (unpaired) electrons. The SMILES string of the molecule is CNC(=O)c1c(-c2ccc(F)cc2)oc2cc(N(CCOCCOCCCc3ccc(C(=O)O)cc3)SC)c(C3CC3)cc12. The maximum absolute atomic E-state index is 13.6. The number of carbonyl (C=O) groups excluding carboxylic acids is 1. The Morgan fingerprint density at radius 1 is 1.02 bits per heavy atom. The van der Waals surface area contributed by atoms with Gasteiger partial charge in [-0.25, -0.2) is 9.18 Å². The molecule has 2 N–H and O–H groups in total. The van der Waals surface area contributed by atoms with E-state index in [1.54, 1.807) is 43.3 Å². The number of aromatic carboxylic acids is 1.